The Labute approximate surface area is 164 Å². The third kappa shape index (κ3) is 4.47. The molecule has 0 radical (unpaired) electrons. The van der Waals surface area contributed by atoms with Crippen molar-refractivity contribution in [1.82, 2.24) is 9.80 Å². The lowest BCUT2D eigenvalue weighted by Gasteiger charge is -2.34. The number of carbonyl (C=O) groups excluding carboxylic acids is 2. The van der Waals surface area contributed by atoms with Gasteiger partial charge >= 0.3 is 0 Å². The molecule has 0 spiro atoms. The quantitative estimate of drug-likeness (QED) is 0.763. The second-order valence-corrected chi connectivity index (χ2v) is 7.13. The maximum Gasteiger partial charge on any atom is 0.289 e. The van der Waals surface area contributed by atoms with Crippen molar-refractivity contribution in [1.29, 1.82) is 0 Å². The number of hydrogen-bond donors (Lipinski definition) is 0. The van der Waals surface area contributed by atoms with Crippen molar-refractivity contribution in [3.63, 3.8) is 0 Å². The van der Waals surface area contributed by atoms with Crippen molar-refractivity contribution < 1.29 is 23.5 Å². The van der Waals surface area contributed by atoms with Crippen molar-refractivity contribution in [2.75, 3.05) is 39.9 Å². The zero-order chi connectivity index (χ0) is 20.1. The molecule has 1 fully saturated rings. The lowest BCUT2D eigenvalue weighted by atomic mass is 10.1. The van der Waals surface area contributed by atoms with Crippen LogP contribution in [0.5, 0.6) is 11.5 Å². The molecule has 1 aliphatic rings. The average molecular weight is 386 g/mol. The van der Waals surface area contributed by atoms with E-state index >= 15 is 0 Å². The number of rotatable bonds is 6. The van der Waals surface area contributed by atoms with Crippen LogP contribution in [0, 0.1) is 5.92 Å². The van der Waals surface area contributed by atoms with Gasteiger partial charge < -0.3 is 23.7 Å². The minimum Gasteiger partial charge on any atom is -0.493 e. The summed E-state index contributed by atoms with van der Waals surface area (Å²) in [6.45, 7) is 6.60. The molecule has 0 bridgehead atoms. The third-order valence-electron chi connectivity index (χ3n) is 4.57. The SMILES string of the molecule is COc1cc(C(=O)N2CCN(C(=O)c3ccco3)CC2)ccc1OCC(C)C. The van der Waals surface area contributed by atoms with Crippen LogP contribution in [-0.2, 0) is 0 Å². The van der Waals surface area contributed by atoms with E-state index in [9.17, 15) is 9.59 Å². The van der Waals surface area contributed by atoms with Crippen LogP contribution in [0.4, 0.5) is 0 Å². The number of amides is 2. The fraction of sp³-hybridized carbons (Fsp3) is 0.429. The molecule has 1 aromatic carbocycles. The number of methoxy groups -OCH3 is 1. The van der Waals surface area contributed by atoms with Gasteiger partial charge in [-0.1, -0.05) is 13.8 Å². The van der Waals surface area contributed by atoms with Gasteiger partial charge in [0.1, 0.15) is 0 Å². The maximum absolute atomic E-state index is 12.9. The van der Waals surface area contributed by atoms with E-state index in [-0.39, 0.29) is 11.8 Å². The van der Waals surface area contributed by atoms with Crippen LogP contribution in [-0.4, -0.2) is 61.5 Å². The van der Waals surface area contributed by atoms with E-state index in [1.54, 1.807) is 47.2 Å². The van der Waals surface area contributed by atoms with Crippen molar-refractivity contribution >= 4 is 11.8 Å². The van der Waals surface area contributed by atoms with E-state index < -0.39 is 0 Å². The smallest absolute Gasteiger partial charge is 0.289 e. The van der Waals surface area contributed by atoms with Gasteiger partial charge in [0, 0.05) is 31.7 Å². The van der Waals surface area contributed by atoms with Gasteiger partial charge in [-0.15, -0.1) is 0 Å². The summed E-state index contributed by atoms with van der Waals surface area (Å²) in [5.74, 6) is 1.65. The molecule has 2 amide bonds. The van der Waals surface area contributed by atoms with Gasteiger partial charge in [-0.3, -0.25) is 9.59 Å². The molecule has 1 saturated heterocycles. The molecule has 0 atom stereocenters. The number of nitrogens with zero attached hydrogens (tertiary/aromatic N) is 2. The first kappa shape index (κ1) is 19.8. The molecule has 0 unspecified atom stereocenters. The molecular formula is C21H26N2O5. The van der Waals surface area contributed by atoms with Gasteiger partial charge in [0.25, 0.3) is 11.8 Å². The summed E-state index contributed by atoms with van der Waals surface area (Å²) in [6, 6.07) is 8.56. The lowest BCUT2D eigenvalue weighted by molar-refractivity contribution is 0.0518. The monoisotopic (exact) mass is 386 g/mol. The maximum atomic E-state index is 12.9. The molecule has 150 valence electrons. The Morgan fingerprint density at radius 1 is 1.04 bits per heavy atom. The van der Waals surface area contributed by atoms with E-state index in [0.717, 1.165) is 0 Å². The van der Waals surface area contributed by atoms with E-state index in [1.807, 2.05) is 0 Å². The van der Waals surface area contributed by atoms with Crippen LogP contribution in [0.3, 0.4) is 0 Å². The molecule has 2 heterocycles. The molecule has 1 aliphatic heterocycles. The van der Waals surface area contributed by atoms with Crippen LogP contribution < -0.4 is 9.47 Å². The van der Waals surface area contributed by atoms with E-state index in [1.165, 1.54) is 6.26 Å². The predicted molar refractivity (Wildman–Crippen MR) is 104 cm³/mol. The number of piperazine rings is 1. The topological polar surface area (TPSA) is 72.2 Å². The first-order valence-electron chi connectivity index (χ1n) is 9.42. The molecule has 28 heavy (non-hydrogen) atoms. The van der Waals surface area contributed by atoms with Gasteiger partial charge in [-0.2, -0.15) is 0 Å². The number of benzene rings is 1. The minimum absolute atomic E-state index is 0.0844. The summed E-state index contributed by atoms with van der Waals surface area (Å²) in [6.07, 6.45) is 1.48. The molecule has 0 aliphatic carbocycles. The highest BCUT2D eigenvalue weighted by Gasteiger charge is 2.27. The van der Waals surface area contributed by atoms with Crippen LogP contribution in [0.2, 0.25) is 0 Å². The summed E-state index contributed by atoms with van der Waals surface area (Å²) >= 11 is 0. The van der Waals surface area contributed by atoms with Gasteiger partial charge in [-0.25, -0.2) is 0 Å². The lowest BCUT2D eigenvalue weighted by Crippen LogP contribution is -2.50. The standard InChI is InChI=1S/C21H26N2O5/c1-15(2)14-28-17-7-6-16(13-19(17)26-3)20(24)22-8-10-23(11-9-22)21(25)18-5-4-12-27-18/h4-7,12-13,15H,8-11,14H2,1-3H3. The van der Waals surface area contributed by atoms with Gasteiger partial charge in [0.15, 0.2) is 17.3 Å². The van der Waals surface area contributed by atoms with E-state index in [2.05, 4.69) is 13.8 Å². The Kier molecular flexibility index (Phi) is 6.23. The highest BCUT2D eigenvalue weighted by Crippen LogP contribution is 2.29. The number of carbonyl (C=O) groups is 2. The Hall–Kier alpha value is -2.96. The number of hydrogen-bond acceptors (Lipinski definition) is 5. The normalized spacial score (nSPS) is 14.3. The molecule has 0 saturated carbocycles. The van der Waals surface area contributed by atoms with E-state index in [0.29, 0.717) is 61.5 Å². The summed E-state index contributed by atoms with van der Waals surface area (Å²) in [5.41, 5.74) is 0.541. The van der Waals surface area contributed by atoms with Gasteiger partial charge in [0.2, 0.25) is 0 Å². The largest absolute Gasteiger partial charge is 0.493 e. The zero-order valence-corrected chi connectivity index (χ0v) is 16.5. The van der Waals surface area contributed by atoms with Crippen LogP contribution in [0.1, 0.15) is 34.8 Å². The third-order valence-corrected chi connectivity index (χ3v) is 4.57. The number of furan rings is 1. The Balaban J connectivity index is 1.62. The Morgan fingerprint density at radius 2 is 1.71 bits per heavy atom. The molecule has 7 nitrogen and oxygen atoms in total. The molecule has 7 heteroatoms. The molecular weight excluding hydrogens is 360 g/mol. The highest BCUT2D eigenvalue weighted by atomic mass is 16.5. The summed E-state index contributed by atoms with van der Waals surface area (Å²) in [4.78, 5) is 28.6. The summed E-state index contributed by atoms with van der Waals surface area (Å²) in [7, 11) is 1.56. The minimum atomic E-state index is -0.148. The summed E-state index contributed by atoms with van der Waals surface area (Å²) < 4.78 is 16.3. The zero-order valence-electron chi connectivity index (χ0n) is 16.5. The van der Waals surface area contributed by atoms with E-state index in [4.69, 9.17) is 13.9 Å². The second-order valence-electron chi connectivity index (χ2n) is 7.13. The molecule has 2 aromatic rings. The predicted octanol–water partition coefficient (Wildman–Crippen LogP) is 2.92. The van der Waals surface area contributed by atoms with Crippen LogP contribution in [0.15, 0.2) is 41.0 Å². The highest BCUT2D eigenvalue weighted by molar-refractivity contribution is 5.95. The van der Waals surface area contributed by atoms with Crippen molar-refractivity contribution in [2.45, 2.75) is 13.8 Å². The number of ether oxygens (including phenoxy) is 2. The van der Waals surface area contributed by atoms with Gasteiger partial charge in [0.05, 0.1) is 20.0 Å². The fourth-order valence-corrected chi connectivity index (χ4v) is 3.03. The molecule has 1 aromatic heterocycles. The van der Waals surface area contributed by atoms with Crippen molar-refractivity contribution in [3.05, 3.63) is 47.9 Å². The second kappa shape index (κ2) is 8.82. The average Bonchev–Trinajstić information content (AvgIpc) is 3.26. The Bertz CT molecular complexity index is 808. The molecule has 3 rings (SSSR count). The summed E-state index contributed by atoms with van der Waals surface area (Å²) in [5, 5.41) is 0. The van der Waals surface area contributed by atoms with Crippen molar-refractivity contribution in [3.8, 4) is 11.5 Å². The van der Waals surface area contributed by atoms with Crippen molar-refractivity contribution in [2.24, 2.45) is 5.92 Å². The fourth-order valence-electron chi connectivity index (χ4n) is 3.03. The van der Waals surface area contributed by atoms with Crippen LogP contribution >= 0.6 is 0 Å². The molecule has 0 N–H and O–H groups in total. The van der Waals surface area contributed by atoms with Gasteiger partial charge in [-0.05, 0) is 36.2 Å². The van der Waals surface area contributed by atoms with Crippen LogP contribution in [0.25, 0.3) is 0 Å². The Morgan fingerprint density at radius 3 is 2.29 bits per heavy atom. The first-order chi connectivity index (χ1) is 13.5. The first-order valence-corrected chi connectivity index (χ1v) is 9.42.